The predicted octanol–water partition coefficient (Wildman–Crippen LogP) is 4.25. The second kappa shape index (κ2) is 9.08. The minimum atomic E-state index is -2.25. The molecule has 0 aliphatic carbocycles. The first-order chi connectivity index (χ1) is 9.13. The Kier molecular flexibility index (Phi) is 7.72. The lowest BCUT2D eigenvalue weighted by Crippen LogP contribution is -2.23. The Morgan fingerprint density at radius 1 is 1.42 bits per heavy atom. The number of alkyl halides is 2. The van der Waals surface area contributed by atoms with E-state index in [-0.39, 0.29) is 13.0 Å². The first kappa shape index (κ1) is 16.2. The smallest absolute Gasteiger partial charge is 0.240 e. The fraction of sp³-hybridized carbons (Fsp3) is 0.733. The van der Waals surface area contributed by atoms with Crippen LogP contribution in [0.4, 0.5) is 8.78 Å². The van der Waals surface area contributed by atoms with Crippen LogP contribution in [0.1, 0.15) is 46.0 Å². The number of ether oxygens (including phenoxy) is 1. The number of halogens is 2. The number of nitrogens with one attached hydrogen (secondary N) is 1. The summed E-state index contributed by atoms with van der Waals surface area (Å²) in [5, 5.41) is 3.40. The van der Waals surface area contributed by atoms with E-state index in [1.165, 1.54) is 11.4 Å². The number of hydrogen-bond acceptors (Lipinski definition) is 2. The van der Waals surface area contributed by atoms with E-state index in [0.29, 0.717) is 12.5 Å². The molecule has 0 bridgehead atoms. The van der Waals surface area contributed by atoms with Crippen molar-refractivity contribution in [2.24, 2.45) is 5.92 Å². The van der Waals surface area contributed by atoms with Gasteiger partial charge in [0.25, 0.3) is 0 Å². The molecule has 110 valence electrons. The second-order valence-electron chi connectivity index (χ2n) is 4.98. The van der Waals surface area contributed by atoms with Gasteiger partial charge in [-0.25, -0.2) is 8.78 Å². The Bertz CT molecular complexity index is 313. The van der Waals surface area contributed by atoms with Gasteiger partial charge in [-0.05, 0) is 33.1 Å². The molecule has 1 atom stereocenters. The van der Waals surface area contributed by atoms with Gasteiger partial charge in [0, 0.05) is 30.3 Å². The Morgan fingerprint density at radius 3 is 2.89 bits per heavy atom. The Hall–Kier alpha value is -0.900. The highest BCUT2D eigenvalue weighted by atomic mass is 19.3. The average Bonchev–Trinajstić information content (AvgIpc) is 2.38. The molecule has 0 saturated carbocycles. The maximum Gasteiger partial charge on any atom is 0.240 e. The average molecular weight is 273 g/mol. The summed E-state index contributed by atoms with van der Waals surface area (Å²) >= 11 is 0. The molecule has 0 radical (unpaired) electrons. The van der Waals surface area contributed by atoms with Crippen molar-refractivity contribution in [1.29, 1.82) is 0 Å². The monoisotopic (exact) mass is 273 g/mol. The molecular formula is C15H25F2NO. The molecule has 1 aliphatic rings. The van der Waals surface area contributed by atoms with Crippen molar-refractivity contribution in [1.82, 2.24) is 5.32 Å². The standard InChI is InChI=1S/C15H25F2NO/c1-3-14-13(8-7-12(2)18-14)6-4-5-10-19-11-9-15(16)17/h3,7,13,15,18H,4-6,8-11H2,1-2H3/b14-3+. The summed E-state index contributed by atoms with van der Waals surface area (Å²) in [6.07, 6.45) is 6.20. The first-order valence-corrected chi connectivity index (χ1v) is 7.09. The van der Waals surface area contributed by atoms with Crippen LogP contribution in [0.15, 0.2) is 23.5 Å². The molecular weight excluding hydrogens is 248 g/mol. The highest BCUT2D eigenvalue weighted by Gasteiger charge is 2.16. The van der Waals surface area contributed by atoms with E-state index in [1.807, 2.05) is 0 Å². The molecule has 1 unspecified atom stereocenters. The summed E-state index contributed by atoms with van der Waals surface area (Å²) in [4.78, 5) is 0. The third kappa shape index (κ3) is 6.71. The molecule has 19 heavy (non-hydrogen) atoms. The number of rotatable bonds is 8. The zero-order valence-corrected chi connectivity index (χ0v) is 11.9. The first-order valence-electron chi connectivity index (χ1n) is 7.09. The van der Waals surface area contributed by atoms with Crippen molar-refractivity contribution in [2.75, 3.05) is 13.2 Å². The summed E-state index contributed by atoms with van der Waals surface area (Å²) in [5.41, 5.74) is 2.53. The van der Waals surface area contributed by atoms with E-state index in [9.17, 15) is 8.78 Å². The normalized spacial score (nSPS) is 21.6. The fourth-order valence-electron chi connectivity index (χ4n) is 2.28. The third-order valence-corrected chi connectivity index (χ3v) is 3.37. The minimum absolute atomic E-state index is 0.153. The van der Waals surface area contributed by atoms with Gasteiger partial charge in [0.2, 0.25) is 6.43 Å². The van der Waals surface area contributed by atoms with Crippen LogP contribution in [0.25, 0.3) is 0 Å². The van der Waals surface area contributed by atoms with E-state index in [1.54, 1.807) is 0 Å². The van der Waals surface area contributed by atoms with Gasteiger partial charge in [0.15, 0.2) is 0 Å². The molecule has 0 amide bonds. The summed E-state index contributed by atoms with van der Waals surface area (Å²) in [6, 6.07) is 0. The van der Waals surface area contributed by atoms with Crippen LogP contribution >= 0.6 is 0 Å². The van der Waals surface area contributed by atoms with E-state index in [0.717, 1.165) is 25.7 Å². The van der Waals surface area contributed by atoms with E-state index in [4.69, 9.17) is 4.74 Å². The van der Waals surface area contributed by atoms with Gasteiger partial charge < -0.3 is 10.1 Å². The van der Waals surface area contributed by atoms with Gasteiger partial charge in [0.1, 0.15) is 0 Å². The summed E-state index contributed by atoms with van der Waals surface area (Å²) < 4.78 is 28.9. The van der Waals surface area contributed by atoms with Crippen LogP contribution in [-0.2, 0) is 4.74 Å². The van der Waals surface area contributed by atoms with Crippen LogP contribution in [0.5, 0.6) is 0 Å². The van der Waals surface area contributed by atoms with Gasteiger partial charge in [-0.3, -0.25) is 0 Å². The molecule has 0 fully saturated rings. The second-order valence-corrected chi connectivity index (χ2v) is 4.98. The Morgan fingerprint density at radius 2 is 2.21 bits per heavy atom. The molecule has 1 heterocycles. The van der Waals surface area contributed by atoms with Crippen molar-refractivity contribution in [3.05, 3.63) is 23.5 Å². The van der Waals surface area contributed by atoms with Crippen LogP contribution in [0.3, 0.4) is 0 Å². The molecule has 0 aromatic heterocycles. The lowest BCUT2D eigenvalue weighted by molar-refractivity contribution is 0.0649. The van der Waals surface area contributed by atoms with Crippen molar-refractivity contribution >= 4 is 0 Å². The topological polar surface area (TPSA) is 21.3 Å². The predicted molar refractivity (Wildman–Crippen MR) is 74.0 cm³/mol. The molecule has 0 aromatic carbocycles. The molecule has 1 N–H and O–H groups in total. The van der Waals surface area contributed by atoms with Crippen molar-refractivity contribution in [2.45, 2.75) is 52.4 Å². The lowest BCUT2D eigenvalue weighted by atomic mass is 9.91. The lowest BCUT2D eigenvalue weighted by Gasteiger charge is -2.25. The van der Waals surface area contributed by atoms with Gasteiger partial charge in [-0.2, -0.15) is 0 Å². The number of unbranched alkanes of at least 4 members (excludes halogenated alkanes) is 1. The maximum absolute atomic E-state index is 11.9. The summed E-state index contributed by atoms with van der Waals surface area (Å²) in [6.45, 7) is 4.90. The molecule has 1 aliphatic heterocycles. The highest BCUT2D eigenvalue weighted by Crippen LogP contribution is 2.25. The molecule has 0 aromatic rings. The summed E-state index contributed by atoms with van der Waals surface area (Å²) in [5.74, 6) is 0.565. The number of hydrogen-bond donors (Lipinski definition) is 1. The van der Waals surface area contributed by atoms with Crippen molar-refractivity contribution in [3.8, 4) is 0 Å². The SMILES string of the molecule is C/C=C1/NC(C)=CCC1CCCCOCCC(F)F. The van der Waals surface area contributed by atoms with Crippen molar-refractivity contribution < 1.29 is 13.5 Å². The van der Waals surface area contributed by atoms with Gasteiger partial charge >= 0.3 is 0 Å². The van der Waals surface area contributed by atoms with Crippen LogP contribution in [-0.4, -0.2) is 19.6 Å². The zero-order chi connectivity index (χ0) is 14.1. The van der Waals surface area contributed by atoms with Crippen LogP contribution in [0, 0.1) is 5.92 Å². The fourth-order valence-corrected chi connectivity index (χ4v) is 2.28. The zero-order valence-electron chi connectivity index (χ0n) is 11.9. The third-order valence-electron chi connectivity index (χ3n) is 3.37. The van der Waals surface area contributed by atoms with E-state index >= 15 is 0 Å². The largest absolute Gasteiger partial charge is 0.381 e. The molecule has 1 rings (SSSR count). The molecule has 4 heteroatoms. The molecule has 0 saturated heterocycles. The maximum atomic E-state index is 11.9. The van der Waals surface area contributed by atoms with Gasteiger partial charge in [-0.15, -0.1) is 0 Å². The van der Waals surface area contributed by atoms with Crippen LogP contribution < -0.4 is 5.32 Å². The Balaban J connectivity index is 2.09. The quantitative estimate of drug-likeness (QED) is 0.668. The molecule has 0 spiro atoms. The van der Waals surface area contributed by atoms with Crippen molar-refractivity contribution in [3.63, 3.8) is 0 Å². The molecule has 2 nitrogen and oxygen atoms in total. The highest BCUT2D eigenvalue weighted by molar-refractivity contribution is 5.18. The summed E-state index contributed by atoms with van der Waals surface area (Å²) in [7, 11) is 0. The number of allylic oxidation sites excluding steroid dienone is 4. The van der Waals surface area contributed by atoms with E-state index < -0.39 is 6.43 Å². The Labute approximate surface area is 114 Å². The van der Waals surface area contributed by atoms with Gasteiger partial charge in [-0.1, -0.05) is 18.6 Å². The van der Waals surface area contributed by atoms with E-state index in [2.05, 4.69) is 31.3 Å². The van der Waals surface area contributed by atoms with Gasteiger partial charge in [0.05, 0.1) is 6.61 Å². The minimum Gasteiger partial charge on any atom is -0.381 e. The van der Waals surface area contributed by atoms with Crippen LogP contribution in [0.2, 0.25) is 0 Å².